The van der Waals surface area contributed by atoms with Crippen molar-refractivity contribution in [3.05, 3.63) is 29.8 Å². The van der Waals surface area contributed by atoms with Gasteiger partial charge in [0.2, 0.25) is 5.91 Å². The highest BCUT2D eigenvalue weighted by Crippen LogP contribution is 2.30. The average molecular weight is 340 g/mol. The van der Waals surface area contributed by atoms with Crippen LogP contribution in [0.4, 0.5) is 5.69 Å². The van der Waals surface area contributed by atoms with Gasteiger partial charge in [-0.15, -0.1) is 12.4 Å². The van der Waals surface area contributed by atoms with Crippen LogP contribution in [0.5, 0.6) is 0 Å². The standard InChI is InChI=1S/C16H21N3O3.ClH/c20-14-9-17-7-12(14)8-18-15(21)11-2-1-3-13(6-11)19-16(22)10-4-5-10;/h1-3,6,10,12,14,17,20H,4-5,7-9H2,(H,18,21)(H,19,22);1H. The molecule has 4 N–H and O–H groups in total. The third-order valence-electron chi connectivity index (χ3n) is 4.17. The van der Waals surface area contributed by atoms with Crippen LogP contribution in [0, 0.1) is 11.8 Å². The number of β-amino-alcohol motifs (C(OH)–C–C–N with tert-alkyl or cyclic N) is 1. The van der Waals surface area contributed by atoms with Gasteiger partial charge in [-0.25, -0.2) is 0 Å². The molecule has 3 rings (SSSR count). The molecule has 0 spiro atoms. The lowest BCUT2D eigenvalue weighted by molar-refractivity contribution is -0.117. The van der Waals surface area contributed by atoms with Crippen molar-refractivity contribution in [2.75, 3.05) is 25.0 Å². The van der Waals surface area contributed by atoms with Gasteiger partial charge < -0.3 is 21.1 Å². The van der Waals surface area contributed by atoms with Crippen molar-refractivity contribution in [2.45, 2.75) is 18.9 Å². The molecule has 1 saturated carbocycles. The summed E-state index contributed by atoms with van der Waals surface area (Å²) in [7, 11) is 0. The summed E-state index contributed by atoms with van der Waals surface area (Å²) in [4.78, 5) is 23.9. The molecular formula is C16H22ClN3O3. The van der Waals surface area contributed by atoms with Crippen LogP contribution >= 0.6 is 12.4 Å². The fourth-order valence-electron chi connectivity index (χ4n) is 2.58. The van der Waals surface area contributed by atoms with E-state index >= 15 is 0 Å². The number of halogens is 1. The Balaban J connectivity index is 0.00000192. The van der Waals surface area contributed by atoms with Gasteiger partial charge in [0.15, 0.2) is 0 Å². The number of hydrogen-bond donors (Lipinski definition) is 4. The molecule has 0 bridgehead atoms. The highest BCUT2D eigenvalue weighted by atomic mass is 35.5. The van der Waals surface area contributed by atoms with Gasteiger partial charge in [0.1, 0.15) is 0 Å². The van der Waals surface area contributed by atoms with Crippen molar-refractivity contribution in [2.24, 2.45) is 11.8 Å². The van der Waals surface area contributed by atoms with E-state index in [0.717, 1.165) is 12.8 Å². The molecule has 1 aromatic rings. The average Bonchev–Trinajstić information content (AvgIpc) is 3.29. The van der Waals surface area contributed by atoms with Crippen LogP contribution in [-0.4, -0.2) is 42.7 Å². The van der Waals surface area contributed by atoms with Gasteiger partial charge in [-0.3, -0.25) is 9.59 Å². The Morgan fingerprint density at radius 3 is 2.70 bits per heavy atom. The third-order valence-corrected chi connectivity index (χ3v) is 4.17. The number of hydrogen-bond acceptors (Lipinski definition) is 4. The quantitative estimate of drug-likeness (QED) is 0.637. The summed E-state index contributed by atoms with van der Waals surface area (Å²) >= 11 is 0. The van der Waals surface area contributed by atoms with Gasteiger partial charge >= 0.3 is 0 Å². The number of carbonyl (C=O) groups excluding carboxylic acids is 2. The number of amides is 2. The lowest BCUT2D eigenvalue weighted by atomic mass is 10.1. The van der Waals surface area contributed by atoms with Gasteiger partial charge in [0.25, 0.3) is 5.91 Å². The zero-order valence-corrected chi connectivity index (χ0v) is 13.6. The summed E-state index contributed by atoms with van der Waals surface area (Å²) in [6, 6.07) is 6.93. The van der Waals surface area contributed by atoms with E-state index in [4.69, 9.17) is 0 Å². The maximum absolute atomic E-state index is 12.2. The highest BCUT2D eigenvalue weighted by molar-refractivity contribution is 5.98. The van der Waals surface area contributed by atoms with Crippen molar-refractivity contribution < 1.29 is 14.7 Å². The molecule has 1 aliphatic carbocycles. The Bertz CT molecular complexity index is 577. The van der Waals surface area contributed by atoms with Crippen LogP contribution in [0.3, 0.4) is 0 Å². The fourth-order valence-corrected chi connectivity index (χ4v) is 2.58. The predicted molar refractivity (Wildman–Crippen MR) is 89.7 cm³/mol. The zero-order valence-electron chi connectivity index (χ0n) is 12.7. The summed E-state index contributed by atoms with van der Waals surface area (Å²) in [5.74, 6) is 0.00914. The number of nitrogens with one attached hydrogen (secondary N) is 3. The number of anilines is 1. The molecule has 1 aromatic carbocycles. The smallest absolute Gasteiger partial charge is 0.251 e. The zero-order chi connectivity index (χ0) is 15.5. The molecule has 2 aliphatic rings. The molecule has 1 aliphatic heterocycles. The Labute approximate surface area is 141 Å². The molecule has 2 unspecified atom stereocenters. The maximum Gasteiger partial charge on any atom is 0.251 e. The van der Waals surface area contributed by atoms with E-state index in [1.807, 2.05) is 0 Å². The minimum absolute atomic E-state index is 0. The van der Waals surface area contributed by atoms with E-state index in [0.29, 0.717) is 30.9 Å². The van der Waals surface area contributed by atoms with Gasteiger partial charge in [0, 0.05) is 42.7 Å². The van der Waals surface area contributed by atoms with Gasteiger partial charge in [-0.05, 0) is 31.0 Å². The molecule has 2 fully saturated rings. The lowest BCUT2D eigenvalue weighted by Crippen LogP contribution is -2.34. The van der Waals surface area contributed by atoms with Crippen LogP contribution in [0.2, 0.25) is 0 Å². The van der Waals surface area contributed by atoms with Gasteiger partial charge in [0.05, 0.1) is 6.10 Å². The Morgan fingerprint density at radius 1 is 1.26 bits per heavy atom. The first kappa shape index (κ1) is 17.7. The van der Waals surface area contributed by atoms with E-state index in [2.05, 4.69) is 16.0 Å². The van der Waals surface area contributed by atoms with Crippen LogP contribution < -0.4 is 16.0 Å². The Morgan fingerprint density at radius 2 is 2.04 bits per heavy atom. The largest absolute Gasteiger partial charge is 0.391 e. The molecule has 0 aromatic heterocycles. The second-order valence-corrected chi connectivity index (χ2v) is 6.04. The fraction of sp³-hybridized carbons (Fsp3) is 0.500. The van der Waals surface area contributed by atoms with Crippen LogP contribution in [0.1, 0.15) is 23.2 Å². The molecule has 7 heteroatoms. The first-order valence-electron chi connectivity index (χ1n) is 7.71. The van der Waals surface area contributed by atoms with E-state index in [-0.39, 0.29) is 36.1 Å². The Kier molecular flexibility index (Phi) is 5.98. The number of aliphatic hydroxyl groups is 1. The maximum atomic E-state index is 12.2. The van der Waals surface area contributed by atoms with Crippen LogP contribution in [0.15, 0.2) is 24.3 Å². The first-order valence-corrected chi connectivity index (χ1v) is 7.71. The predicted octanol–water partition coefficient (Wildman–Crippen LogP) is 0.767. The van der Waals surface area contributed by atoms with Crippen molar-refractivity contribution in [1.82, 2.24) is 10.6 Å². The summed E-state index contributed by atoms with van der Waals surface area (Å²) in [6.07, 6.45) is 1.48. The number of carbonyl (C=O) groups is 2. The van der Waals surface area contributed by atoms with Gasteiger partial charge in [-0.2, -0.15) is 0 Å². The summed E-state index contributed by atoms with van der Waals surface area (Å²) in [6.45, 7) is 1.72. The lowest BCUT2D eigenvalue weighted by Gasteiger charge is -2.14. The molecule has 1 heterocycles. The molecule has 2 atom stereocenters. The molecule has 6 nitrogen and oxygen atoms in total. The molecule has 126 valence electrons. The number of benzene rings is 1. The van der Waals surface area contributed by atoms with Crippen molar-refractivity contribution in [3.8, 4) is 0 Å². The van der Waals surface area contributed by atoms with Crippen LogP contribution in [-0.2, 0) is 4.79 Å². The van der Waals surface area contributed by atoms with Crippen molar-refractivity contribution in [1.29, 1.82) is 0 Å². The minimum atomic E-state index is -0.413. The van der Waals surface area contributed by atoms with Crippen molar-refractivity contribution in [3.63, 3.8) is 0 Å². The molecule has 0 radical (unpaired) electrons. The molecule has 1 saturated heterocycles. The van der Waals surface area contributed by atoms with E-state index in [1.54, 1.807) is 24.3 Å². The molecule has 23 heavy (non-hydrogen) atoms. The molecular weight excluding hydrogens is 318 g/mol. The first-order chi connectivity index (χ1) is 10.6. The second-order valence-electron chi connectivity index (χ2n) is 6.04. The highest BCUT2D eigenvalue weighted by Gasteiger charge is 2.29. The summed E-state index contributed by atoms with van der Waals surface area (Å²) < 4.78 is 0. The van der Waals surface area contributed by atoms with E-state index in [9.17, 15) is 14.7 Å². The van der Waals surface area contributed by atoms with Crippen LogP contribution in [0.25, 0.3) is 0 Å². The third kappa shape index (κ3) is 4.67. The summed E-state index contributed by atoms with van der Waals surface area (Å²) in [5, 5.41) is 18.5. The second kappa shape index (κ2) is 7.77. The Hall–Kier alpha value is -1.63. The number of aliphatic hydroxyl groups excluding tert-OH is 1. The van der Waals surface area contributed by atoms with E-state index < -0.39 is 6.10 Å². The van der Waals surface area contributed by atoms with E-state index in [1.165, 1.54) is 0 Å². The van der Waals surface area contributed by atoms with Gasteiger partial charge in [-0.1, -0.05) is 6.07 Å². The van der Waals surface area contributed by atoms with Crippen molar-refractivity contribution >= 4 is 29.9 Å². The minimum Gasteiger partial charge on any atom is -0.391 e. The number of rotatable bonds is 5. The normalized spacial score (nSPS) is 23.0. The molecule has 2 amide bonds. The monoisotopic (exact) mass is 339 g/mol. The topological polar surface area (TPSA) is 90.5 Å². The SMILES string of the molecule is Cl.O=C(NCC1CNCC1O)c1cccc(NC(=O)C2CC2)c1. The summed E-state index contributed by atoms with van der Waals surface area (Å²) in [5.41, 5.74) is 1.15.